The van der Waals surface area contributed by atoms with Crippen LogP contribution >= 0.6 is 0 Å². The van der Waals surface area contributed by atoms with Crippen LogP contribution < -0.4 is 0 Å². The molecule has 14 heavy (non-hydrogen) atoms. The summed E-state index contributed by atoms with van der Waals surface area (Å²) in [4.78, 5) is 4.59. The zero-order chi connectivity index (χ0) is 10.1. The van der Waals surface area contributed by atoms with Crippen molar-refractivity contribution in [2.24, 2.45) is 0 Å². The SMILES string of the molecule is CC(C)c1cnc2c(c1)C(C)CCC2. The highest BCUT2D eigenvalue weighted by atomic mass is 14.7. The topological polar surface area (TPSA) is 12.9 Å². The molecule has 0 aliphatic heterocycles. The maximum absolute atomic E-state index is 4.59. The Labute approximate surface area is 86.6 Å². The van der Waals surface area contributed by atoms with Crippen molar-refractivity contribution in [1.29, 1.82) is 0 Å². The monoisotopic (exact) mass is 189 g/mol. The molecule has 1 heteroatoms. The Hall–Kier alpha value is -0.850. The van der Waals surface area contributed by atoms with Gasteiger partial charge in [-0.3, -0.25) is 4.98 Å². The first-order valence-corrected chi connectivity index (χ1v) is 5.67. The third-order valence-electron chi connectivity index (χ3n) is 3.27. The molecule has 1 aliphatic rings. The summed E-state index contributed by atoms with van der Waals surface area (Å²) in [6, 6.07) is 2.37. The summed E-state index contributed by atoms with van der Waals surface area (Å²) in [6.07, 6.45) is 5.87. The van der Waals surface area contributed by atoms with Gasteiger partial charge in [0.25, 0.3) is 0 Å². The van der Waals surface area contributed by atoms with E-state index >= 15 is 0 Å². The molecule has 0 bridgehead atoms. The number of rotatable bonds is 1. The van der Waals surface area contributed by atoms with Gasteiger partial charge in [-0.1, -0.05) is 26.8 Å². The van der Waals surface area contributed by atoms with Crippen molar-refractivity contribution < 1.29 is 0 Å². The summed E-state index contributed by atoms with van der Waals surface area (Å²) in [6.45, 7) is 6.79. The Morgan fingerprint density at radius 2 is 2.21 bits per heavy atom. The summed E-state index contributed by atoms with van der Waals surface area (Å²) < 4.78 is 0. The van der Waals surface area contributed by atoms with Crippen molar-refractivity contribution in [3.8, 4) is 0 Å². The van der Waals surface area contributed by atoms with Crippen LogP contribution in [-0.2, 0) is 6.42 Å². The van der Waals surface area contributed by atoms with Gasteiger partial charge in [-0.05, 0) is 42.2 Å². The highest BCUT2D eigenvalue weighted by Gasteiger charge is 2.18. The number of fused-ring (bicyclic) bond motifs is 1. The predicted molar refractivity (Wildman–Crippen MR) is 59.7 cm³/mol. The molecule has 0 N–H and O–H groups in total. The summed E-state index contributed by atoms with van der Waals surface area (Å²) in [5.74, 6) is 1.31. The van der Waals surface area contributed by atoms with E-state index in [-0.39, 0.29) is 0 Å². The molecule has 1 aromatic heterocycles. The quantitative estimate of drug-likeness (QED) is 0.657. The standard InChI is InChI=1S/C13H19N/c1-9(2)11-7-12-10(3)5-4-6-13(12)14-8-11/h7-10H,4-6H2,1-3H3. The number of hydrogen-bond acceptors (Lipinski definition) is 1. The largest absolute Gasteiger partial charge is 0.261 e. The van der Waals surface area contributed by atoms with Gasteiger partial charge in [-0.25, -0.2) is 0 Å². The molecule has 0 saturated heterocycles. The van der Waals surface area contributed by atoms with Crippen molar-refractivity contribution in [3.63, 3.8) is 0 Å². The minimum Gasteiger partial charge on any atom is -0.261 e. The van der Waals surface area contributed by atoms with Gasteiger partial charge in [0.2, 0.25) is 0 Å². The molecule has 1 unspecified atom stereocenters. The highest BCUT2D eigenvalue weighted by Crippen LogP contribution is 2.31. The number of hydrogen-bond donors (Lipinski definition) is 0. The first-order valence-electron chi connectivity index (χ1n) is 5.67. The number of nitrogens with zero attached hydrogens (tertiary/aromatic N) is 1. The van der Waals surface area contributed by atoms with E-state index in [4.69, 9.17) is 0 Å². The molecule has 0 amide bonds. The second kappa shape index (κ2) is 3.72. The lowest BCUT2D eigenvalue weighted by Gasteiger charge is -2.22. The molecule has 1 atom stereocenters. The van der Waals surface area contributed by atoms with E-state index in [1.807, 2.05) is 0 Å². The first-order chi connectivity index (χ1) is 6.68. The Kier molecular flexibility index (Phi) is 2.58. The average Bonchev–Trinajstić information content (AvgIpc) is 2.18. The van der Waals surface area contributed by atoms with Gasteiger partial charge >= 0.3 is 0 Å². The van der Waals surface area contributed by atoms with E-state index in [1.165, 1.54) is 36.1 Å². The molecular formula is C13H19N. The third kappa shape index (κ3) is 1.68. The zero-order valence-corrected chi connectivity index (χ0v) is 9.38. The van der Waals surface area contributed by atoms with Crippen LogP contribution in [0.25, 0.3) is 0 Å². The molecule has 1 aliphatic carbocycles. The molecule has 76 valence electrons. The van der Waals surface area contributed by atoms with Crippen LogP contribution in [0.5, 0.6) is 0 Å². The Bertz CT molecular complexity index is 328. The van der Waals surface area contributed by atoms with Gasteiger partial charge in [0.15, 0.2) is 0 Å². The van der Waals surface area contributed by atoms with Crippen LogP contribution in [0.15, 0.2) is 12.3 Å². The van der Waals surface area contributed by atoms with Crippen LogP contribution in [-0.4, -0.2) is 4.98 Å². The normalized spacial score (nSPS) is 21.0. The lowest BCUT2D eigenvalue weighted by molar-refractivity contribution is 0.576. The Morgan fingerprint density at radius 3 is 2.93 bits per heavy atom. The highest BCUT2D eigenvalue weighted by molar-refractivity contribution is 5.31. The number of aromatic nitrogens is 1. The molecule has 0 saturated carbocycles. The minimum absolute atomic E-state index is 0.599. The molecule has 1 heterocycles. The van der Waals surface area contributed by atoms with E-state index in [0.29, 0.717) is 11.8 Å². The number of pyridine rings is 1. The second-order valence-corrected chi connectivity index (χ2v) is 4.75. The summed E-state index contributed by atoms with van der Waals surface area (Å²) in [7, 11) is 0. The van der Waals surface area contributed by atoms with Crippen molar-refractivity contribution in [2.75, 3.05) is 0 Å². The summed E-state index contributed by atoms with van der Waals surface area (Å²) >= 11 is 0. The Morgan fingerprint density at radius 1 is 1.43 bits per heavy atom. The van der Waals surface area contributed by atoms with Gasteiger partial charge in [-0.2, -0.15) is 0 Å². The fourth-order valence-corrected chi connectivity index (χ4v) is 2.21. The molecule has 2 rings (SSSR count). The lowest BCUT2D eigenvalue weighted by atomic mass is 9.85. The number of aryl methyl sites for hydroxylation is 1. The van der Waals surface area contributed by atoms with Crippen molar-refractivity contribution in [1.82, 2.24) is 4.98 Å². The van der Waals surface area contributed by atoms with Crippen molar-refractivity contribution in [2.45, 2.75) is 51.9 Å². The fourth-order valence-electron chi connectivity index (χ4n) is 2.21. The molecule has 0 radical (unpaired) electrons. The van der Waals surface area contributed by atoms with E-state index in [9.17, 15) is 0 Å². The smallest absolute Gasteiger partial charge is 0.0438 e. The van der Waals surface area contributed by atoms with Gasteiger partial charge in [-0.15, -0.1) is 0 Å². The average molecular weight is 189 g/mol. The van der Waals surface area contributed by atoms with E-state index in [1.54, 1.807) is 0 Å². The van der Waals surface area contributed by atoms with Crippen LogP contribution in [0, 0.1) is 0 Å². The van der Waals surface area contributed by atoms with Gasteiger partial charge in [0.05, 0.1) is 0 Å². The maximum Gasteiger partial charge on any atom is 0.0438 e. The molecule has 0 fully saturated rings. The summed E-state index contributed by atoms with van der Waals surface area (Å²) in [5, 5.41) is 0. The van der Waals surface area contributed by atoms with Gasteiger partial charge in [0.1, 0.15) is 0 Å². The first kappa shape index (κ1) is 9.70. The fraction of sp³-hybridized carbons (Fsp3) is 0.615. The maximum atomic E-state index is 4.59. The Balaban J connectivity index is 2.41. The molecular weight excluding hydrogens is 170 g/mol. The van der Waals surface area contributed by atoms with E-state index in [0.717, 1.165) is 0 Å². The molecule has 1 nitrogen and oxygen atoms in total. The van der Waals surface area contributed by atoms with Crippen LogP contribution in [0.2, 0.25) is 0 Å². The third-order valence-corrected chi connectivity index (χ3v) is 3.27. The van der Waals surface area contributed by atoms with Crippen molar-refractivity contribution in [3.05, 3.63) is 29.1 Å². The molecule has 0 spiro atoms. The van der Waals surface area contributed by atoms with E-state index < -0.39 is 0 Å². The van der Waals surface area contributed by atoms with Gasteiger partial charge < -0.3 is 0 Å². The molecule has 0 aromatic carbocycles. The van der Waals surface area contributed by atoms with Crippen LogP contribution in [0.4, 0.5) is 0 Å². The second-order valence-electron chi connectivity index (χ2n) is 4.75. The predicted octanol–water partition coefficient (Wildman–Crippen LogP) is 3.64. The van der Waals surface area contributed by atoms with Crippen molar-refractivity contribution >= 4 is 0 Å². The van der Waals surface area contributed by atoms with Crippen LogP contribution in [0.3, 0.4) is 0 Å². The van der Waals surface area contributed by atoms with E-state index in [2.05, 4.69) is 38.0 Å². The summed E-state index contributed by atoms with van der Waals surface area (Å²) in [5.41, 5.74) is 4.23. The molecule has 1 aromatic rings. The van der Waals surface area contributed by atoms with Crippen LogP contribution in [0.1, 0.15) is 62.3 Å². The minimum atomic E-state index is 0.599. The zero-order valence-electron chi connectivity index (χ0n) is 9.38. The van der Waals surface area contributed by atoms with Gasteiger partial charge in [0, 0.05) is 11.9 Å². The lowest BCUT2D eigenvalue weighted by Crippen LogP contribution is -2.10.